The second-order valence-corrected chi connectivity index (χ2v) is 9.62. The van der Waals surface area contributed by atoms with Crippen LogP contribution in [0.25, 0.3) is 0 Å². The molecule has 0 radical (unpaired) electrons. The molecule has 2 unspecified atom stereocenters. The van der Waals surface area contributed by atoms with Crippen LogP contribution in [-0.2, 0) is 20.9 Å². The molecule has 0 aliphatic carbocycles. The van der Waals surface area contributed by atoms with Crippen LogP contribution in [0.5, 0.6) is 17.2 Å². The summed E-state index contributed by atoms with van der Waals surface area (Å²) in [5.41, 5.74) is 7.19. The van der Waals surface area contributed by atoms with Crippen LogP contribution in [0.4, 0.5) is 0 Å². The van der Waals surface area contributed by atoms with Crippen molar-refractivity contribution in [3.05, 3.63) is 53.6 Å². The van der Waals surface area contributed by atoms with Crippen LogP contribution in [0.2, 0.25) is 0 Å². The molecule has 2 aromatic carbocycles. The molecule has 3 N–H and O–H groups in total. The number of carbonyl (C=O) groups excluding carboxylic acids is 3. The Morgan fingerprint density at radius 1 is 1.05 bits per heavy atom. The third kappa shape index (κ3) is 8.01. The fourth-order valence-corrected chi connectivity index (χ4v) is 4.73. The SMILES string of the molecule is COc1cc(C(=O)C(=O)CC2CCCC(N)C(=O)N(C[C@H](CO)OCc3ccccc3)C2)cc(OC)c1OC. The lowest BCUT2D eigenvalue weighted by Crippen LogP contribution is -2.50. The number of aliphatic hydroxyl groups excluding tert-OH is 1. The van der Waals surface area contributed by atoms with E-state index in [9.17, 15) is 19.5 Å². The molecule has 1 aliphatic rings. The monoisotopic (exact) mass is 542 g/mol. The number of likely N-dealkylation sites (tertiary alicyclic amines) is 1. The molecule has 2 aromatic rings. The summed E-state index contributed by atoms with van der Waals surface area (Å²) < 4.78 is 21.8. The van der Waals surface area contributed by atoms with E-state index in [0.29, 0.717) is 25.0 Å². The van der Waals surface area contributed by atoms with E-state index in [-0.39, 0.29) is 61.6 Å². The topological polar surface area (TPSA) is 138 Å². The lowest BCUT2D eigenvalue weighted by molar-refractivity contribution is -0.137. The van der Waals surface area contributed by atoms with Gasteiger partial charge in [0.05, 0.1) is 46.7 Å². The number of ether oxygens (including phenoxy) is 4. The van der Waals surface area contributed by atoms with E-state index in [1.807, 2.05) is 30.3 Å². The lowest BCUT2D eigenvalue weighted by Gasteiger charge is -2.34. The number of hydrogen-bond donors (Lipinski definition) is 2. The van der Waals surface area contributed by atoms with Crippen LogP contribution in [0.1, 0.15) is 41.6 Å². The van der Waals surface area contributed by atoms with Gasteiger partial charge < -0.3 is 34.7 Å². The molecule has 1 aliphatic heterocycles. The minimum atomic E-state index is -0.676. The van der Waals surface area contributed by atoms with E-state index in [4.69, 9.17) is 24.7 Å². The Morgan fingerprint density at radius 3 is 2.31 bits per heavy atom. The normalized spacial score (nSPS) is 18.6. The number of benzene rings is 2. The fourth-order valence-electron chi connectivity index (χ4n) is 4.73. The van der Waals surface area contributed by atoms with Gasteiger partial charge in [-0.25, -0.2) is 0 Å². The molecule has 1 fully saturated rings. The maximum atomic E-state index is 13.1. The average molecular weight is 543 g/mol. The quantitative estimate of drug-likeness (QED) is 0.289. The smallest absolute Gasteiger partial charge is 0.239 e. The van der Waals surface area contributed by atoms with Crippen molar-refractivity contribution >= 4 is 17.5 Å². The molecule has 1 amide bonds. The van der Waals surface area contributed by atoms with Gasteiger partial charge >= 0.3 is 0 Å². The largest absolute Gasteiger partial charge is 0.493 e. The summed E-state index contributed by atoms with van der Waals surface area (Å²) in [5.74, 6) is -0.901. The van der Waals surface area contributed by atoms with Crippen molar-refractivity contribution in [3.63, 3.8) is 0 Å². The average Bonchev–Trinajstić information content (AvgIpc) is 2.96. The van der Waals surface area contributed by atoms with E-state index >= 15 is 0 Å². The number of hydrogen-bond acceptors (Lipinski definition) is 9. The molecule has 3 rings (SSSR count). The molecule has 0 spiro atoms. The summed E-state index contributed by atoms with van der Waals surface area (Å²) in [6.45, 7) is 0.355. The molecule has 0 aromatic heterocycles. The van der Waals surface area contributed by atoms with Crippen molar-refractivity contribution < 1.29 is 38.4 Å². The molecular weight excluding hydrogens is 504 g/mol. The number of aliphatic hydroxyl groups is 1. The molecule has 10 nitrogen and oxygen atoms in total. The van der Waals surface area contributed by atoms with Crippen LogP contribution in [0.3, 0.4) is 0 Å². The van der Waals surface area contributed by atoms with E-state index in [0.717, 1.165) is 5.56 Å². The lowest BCUT2D eigenvalue weighted by atomic mass is 9.89. The van der Waals surface area contributed by atoms with Gasteiger partial charge in [0.1, 0.15) is 0 Å². The highest BCUT2D eigenvalue weighted by Crippen LogP contribution is 2.38. The summed E-state index contributed by atoms with van der Waals surface area (Å²) in [6.07, 6.45) is 1.09. The first-order valence-corrected chi connectivity index (χ1v) is 13.0. The van der Waals surface area contributed by atoms with Crippen molar-refractivity contribution in [1.82, 2.24) is 4.90 Å². The van der Waals surface area contributed by atoms with Crippen molar-refractivity contribution in [2.45, 2.75) is 44.4 Å². The molecule has 0 bridgehead atoms. The maximum absolute atomic E-state index is 13.1. The fraction of sp³-hybridized carbons (Fsp3) is 0.483. The molecule has 39 heavy (non-hydrogen) atoms. The molecule has 10 heteroatoms. The van der Waals surface area contributed by atoms with E-state index in [1.54, 1.807) is 4.90 Å². The zero-order chi connectivity index (χ0) is 28.4. The zero-order valence-corrected chi connectivity index (χ0v) is 22.8. The predicted molar refractivity (Wildman–Crippen MR) is 144 cm³/mol. The number of rotatable bonds is 13. The van der Waals surface area contributed by atoms with Gasteiger partial charge in [0.25, 0.3) is 0 Å². The highest BCUT2D eigenvalue weighted by Gasteiger charge is 2.31. The molecule has 3 atom stereocenters. The first-order chi connectivity index (χ1) is 18.8. The second-order valence-electron chi connectivity index (χ2n) is 9.62. The standard InChI is InChI=1S/C29H38N2O8/c1-36-25-13-21(14-26(37-2)28(25)38-3)27(34)24(33)12-20-10-7-11-23(30)29(35)31(15-20)16-22(17-32)39-18-19-8-5-4-6-9-19/h4-6,8-9,13-14,20,22-23,32H,7,10-12,15-18,30H2,1-3H3/t20?,22-,23?/m1/s1. The highest BCUT2D eigenvalue weighted by atomic mass is 16.5. The molecule has 1 saturated heterocycles. The minimum Gasteiger partial charge on any atom is -0.493 e. The Bertz CT molecular complexity index is 1100. The van der Waals surface area contributed by atoms with Gasteiger partial charge in [0, 0.05) is 25.1 Å². The second kappa shape index (κ2) is 14.6. The van der Waals surface area contributed by atoms with Gasteiger partial charge in [-0.3, -0.25) is 14.4 Å². The number of methoxy groups -OCH3 is 3. The third-order valence-corrected chi connectivity index (χ3v) is 6.85. The van der Waals surface area contributed by atoms with Crippen LogP contribution in [-0.4, -0.2) is 80.7 Å². The minimum absolute atomic E-state index is 0.0385. The number of nitrogens with two attached hydrogens (primary N) is 1. The molecular formula is C29H38N2O8. The van der Waals surface area contributed by atoms with Crippen LogP contribution >= 0.6 is 0 Å². The Morgan fingerprint density at radius 2 is 1.72 bits per heavy atom. The summed E-state index contributed by atoms with van der Waals surface area (Å²) in [6, 6.07) is 11.8. The summed E-state index contributed by atoms with van der Waals surface area (Å²) in [5, 5.41) is 9.92. The highest BCUT2D eigenvalue weighted by molar-refractivity contribution is 6.43. The van der Waals surface area contributed by atoms with Crippen LogP contribution in [0, 0.1) is 5.92 Å². The van der Waals surface area contributed by atoms with Gasteiger partial charge in [-0.05, 0) is 36.5 Å². The van der Waals surface area contributed by atoms with Gasteiger partial charge in [-0.2, -0.15) is 0 Å². The van der Waals surface area contributed by atoms with Crippen molar-refractivity contribution in [2.75, 3.05) is 41.0 Å². The Labute approximate surface area is 229 Å². The van der Waals surface area contributed by atoms with Crippen molar-refractivity contribution in [1.29, 1.82) is 0 Å². The van der Waals surface area contributed by atoms with Gasteiger partial charge in [-0.1, -0.05) is 36.8 Å². The van der Waals surface area contributed by atoms with E-state index in [1.165, 1.54) is 33.5 Å². The Kier molecular flexibility index (Phi) is 11.3. The number of carbonyl (C=O) groups is 3. The number of nitrogens with zero attached hydrogens (tertiary/aromatic N) is 1. The predicted octanol–water partition coefficient (Wildman–Crippen LogP) is 2.39. The third-order valence-electron chi connectivity index (χ3n) is 6.85. The number of amides is 1. The summed E-state index contributed by atoms with van der Waals surface area (Å²) in [7, 11) is 4.32. The summed E-state index contributed by atoms with van der Waals surface area (Å²) in [4.78, 5) is 40.8. The Hall–Kier alpha value is -3.47. The Balaban J connectivity index is 1.71. The van der Waals surface area contributed by atoms with Gasteiger partial charge in [0.2, 0.25) is 23.2 Å². The van der Waals surface area contributed by atoms with Crippen LogP contribution < -0.4 is 19.9 Å². The molecule has 0 saturated carbocycles. The van der Waals surface area contributed by atoms with E-state index < -0.39 is 23.7 Å². The first-order valence-electron chi connectivity index (χ1n) is 13.0. The van der Waals surface area contributed by atoms with Gasteiger partial charge in [-0.15, -0.1) is 0 Å². The first kappa shape index (κ1) is 30.1. The summed E-state index contributed by atoms with van der Waals surface area (Å²) >= 11 is 0. The van der Waals surface area contributed by atoms with Crippen LogP contribution in [0.15, 0.2) is 42.5 Å². The van der Waals surface area contributed by atoms with Crippen molar-refractivity contribution in [2.24, 2.45) is 11.7 Å². The zero-order valence-electron chi connectivity index (χ0n) is 22.8. The van der Waals surface area contributed by atoms with Crippen molar-refractivity contribution in [3.8, 4) is 17.2 Å². The van der Waals surface area contributed by atoms with Gasteiger partial charge in [0.15, 0.2) is 11.5 Å². The molecule has 212 valence electrons. The number of Topliss-reactive ketones (excluding diaryl/α,β-unsaturated/α-hetero) is 2. The van der Waals surface area contributed by atoms with E-state index in [2.05, 4.69) is 0 Å². The maximum Gasteiger partial charge on any atom is 0.239 e. The molecule has 1 heterocycles. The number of ketones is 2.